The first-order valence-electron chi connectivity index (χ1n) is 10.5. The summed E-state index contributed by atoms with van der Waals surface area (Å²) in [6.45, 7) is 4.18. The van der Waals surface area contributed by atoms with Crippen LogP contribution in [0.2, 0.25) is 0 Å². The number of benzene rings is 1. The molecule has 0 saturated carbocycles. The molecule has 2 aromatic heterocycles. The molecule has 0 unspecified atom stereocenters. The van der Waals surface area contributed by atoms with Gasteiger partial charge in [0, 0.05) is 44.1 Å². The van der Waals surface area contributed by atoms with Crippen molar-refractivity contribution in [2.75, 3.05) is 18.4 Å². The molecular formula is C23H26N4O3. The molecule has 0 bridgehead atoms. The van der Waals surface area contributed by atoms with Crippen molar-refractivity contribution in [1.29, 1.82) is 0 Å². The van der Waals surface area contributed by atoms with E-state index in [0.717, 1.165) is 47.7 Å². The molecule has 2 N–H and O–H groups in total. The summed E-state index contributed by atoms with van der Waals surface area (Å²) in [7, 11) is 0. The number of carbonyl (C=O) groups excluding carboxylic acids is 1. The molecule has 156 valence electrons. The number of ether oxygens (including phenoxy) is 1. The average Bonchev–Trinajstić information content (AvgIpc) is 3.11. The number of aliphatic hydroxyl groups is 1. The van der Waals surface area contributed by atoms with Crippen molar-refractivity contribution in [3.8, 4) is 5.75 Å². The van der Waals surface area contributed by atoms with Crippen LogP contribution in [0.3, 0.4) is 0 Å². The standard InChI is InChI=1S/C23H26N4O3/c1-15-2-6-22-24-17(13-27(22)11-15)12-26-9-8-21(20(28)14-26)30-18-4-5-19-16(10-18)3-7-23(29)25-19/h2,4-6,10-11,13,20-21,28H,3,7-9,12,14H2,1H3,(H,25,29)/t20-,21-/m1/s1. The second-order valence-electron chi connectivity index (χ2n) is 8.32. The highest BCUT2D eigenvalue weighted by molar-refractivity contribution is 5.94. The normalized spacial score (nSPS) is 22.0. The van der Waals surface area contributed by atoms with Crippen molar-refractivity contribution in [2.45, 2.75) is 44.9 Å². The molecule has 7 nitrogen and oxygen atoms in total. The third kappa shape index (κ3) is 3.91. The smallest absolute Gasteiger partial charge is 0.224 e. The van der Waals surface area contributed by atoms with Crippen LogP contribution in [0.25, 0.3) is 5.65 Å². The van der Waals surface area contributed by atoms with Crippen LogP contribution in [0.1, 0.15) is 29.7 Å². The number of hydrogen-bond donors (Lipinski definition) is 2. The fourth-order valence-corrected chi connectivity index (χ4v) is 4.33. The van der Waals surface area contributed by atoms with Gasteiger partial charge < -0.3 is 19.6 Å². The quantitative estimate of drug-likeness (QED) is 0.696. The Morgan fingerprint density at radius 1 is 1.23 bits per heavy atom. The van der Waals surface area contributed by atoms with Gasteiger partial charge in [0.15, 0.2) is 0 Å². The molecule has 2 atom stereocenters. The highest BCUT2D eigenvalue weighted by Gasteiger charge is 2.30. The molecule has 2 aliphatic rings. The van der Waals surface area contributed by atoms with Crippen molar-refractivity contribution < 1.29 is 14.6 Å². The van der Waals surface area contributed by atoms with Crippen molar-refractivity contribution in [1.82, 2.24) is 14.3 Å². The number of imidazole rings is 1. The molecule has 7 heteroatoms. The van der Waals surface area contributed by atoms with E-state index in [2.05, 4.69) is 45.0 Å². The largest absolute Gasteiger partial charge is 0.488 e. The van der Waals surface area contributed by atoms with E-state index in [1.807, 2.05) is 24.3 Å². The van der Waals surface area contributed by atoms with Crippen LogP contribution < -0.4 is 10.1 Å². The van der Waals surface area contributed by atoms with E-state index < -0.39 is 6.10 Å². The summed E-state index contributed by atoms with van der Waals surface area (Å²) in [5, 5.41) is 13.6. The minimum atomic E-state index is -0.561. The predicted octanol–water partition coefficient (Wildman–Crippen LogP) is 2.54. The number of aliphatic hydroxyl groups excluding tert-OH is 1. The van der Waals surface area contributed by atoms with Gasteiger partial charge in [0.1, 0.15) is 23.6 Å². The zero-order chi connectivity index (χ0) is 20.7. The second-order valence-corrected chi connectivity index (χ2v) is 8.32. The molecule has 0 radical (unpaired) electrons. The maximum atomic E-state index is 11.5. The number of rotatable bonds is 4. The summed E-state index contributed by atoms with van der Waals surface area (Å²) in [6, 6.07) is 9.81. The van der Waals surface area contributed by atoms with Crippen LogP contribution in [0.5, 0.6) is 5.75 Å². The number of likely N-dealkylation sites (tertiary alicyclic amines) is 1. The summed E-state index contributed by atoms with van der Waals surface area (Å²) in [5.41, 5.74) is 5.09. The summed E-state index contributed by atoms with van der Waals surface area (Å²) in [4.78, 5) is 18.4. The van der Waals surface area contributed by atoms with Crippen LogP contribution in [0.15, 0.2) is 42.7 Å². The molecule has 0 spiro atoms. The topological polar surface area (TPSA) is 79.1 Å². The number of nitrogens with zero attached hydrogens (tertiary/aromatic N) is 3. The molecule has 1 saturated heterocycles. The Morgan fingerprint density at radius 2 is 2.13 bits per heavy atom. The lowest BCUT2D eigenvalue weighted by Gasteiger charge is -2.35. The molecule has 3 aromatic rings. The number of fused-ring (bicyclic) bond motifs is 2. The SMILES string of the molecule is Cc1ccc2nc(CN3CC[C@@H](Oc4ccc5c(c4)CCC(=O)N5)[C@H](O)C3)cn2c1. The summed E-state index contributed by atoms with van der Waals surface area (Å²) in [5.74, 6) is 0.804. The molecule has 1 amide bonds. The van der Waals surface area contributed by atoms with Crippen molar-refractivity contribution in [2.24, 2.45) is 0 Å². The Kier molecular flexibility index (Phi) is 4.92. The van der Waals surface area contributed by atoms with Gasteiger partial charge in [-0.1, -0.05) is 6.07 Å². The minimum Gasteiger partial charge on any atom is -0.488 e. The van der Waals surface area contributed by atoms with E-state index in [1.165, 1.54) is 5.56 Å². The number of aromatic nitrogens is 2. The van der Waals surface area contributed by atoms with Gasteiger partial charge in [0.2, 0.25) is 5.91 Å². The molecule has 4 heterocycles. The zero-order valence-corrected chi connectivity index (χ0v) is 17.0. The van der Waals surface area contributed by atoms with Gasteiger partial charge in [-0.15, -0.1) is 0 Å². The Bertz CT molecular complexity index is 1090. The lowest BCUT2D eigenvalue weighted by atomic mass is 10.0. The molecule has 5 rings (SSSR count). The van der Waals surface area contributed by atoms with Gasteiger partial charge in [-0.2, -0.15) is 0 Å². The third-order valence-corrected chi connectivity index (χ3v) is 5.90. The Labute approximate surface area is 175 Å². The number of carbonyl (C=O) groups is 1. The van der Waals surface area contributed by atoms with Gasteiger partial charge in [0.25, 0.3) is 0 Å². The number of hydrogen-bond acceptors (Lipinski definition) is 5. The Hall–Kier alpha value is -2.90. The molecule has 1 aromatic carbocycles. The fourth-order valence-electron chi connectivity index (χ4n) is 4.33. The van der Waals surface area contributed by atoms with Crippen LogP contribution >= 0.6 is 0 Å². The van der Waals surface area contributed by atoms with Gasteiger partial charge in [-0.25, -0.2) is 4.98 Å². The second kappa shape index (κ2) is 7.74. The first kappa shape index (κ1) is 19.1. The van der Waals surface area contributed by atoms with Crippen molar-refractivity contribution >= 4 is 17.2 Å². The Morgan fingerprint density at radius 3 is 3.00 bits per heavy atom. The average molecular weight is 406 g/mol. The summed E-state index contributed by atoms with van der Waals surface area (Å²) >= 11 is 0. The van der Waals surface area contributed by atoms with Crippen LogP contribution in [0.4, 0.5) is 5.69 Å². The highest BCUT2D eigenvalue weighted by Crippen LogP contribution is 2.28. The van der Waals surface area contributed by atoms with Crippen LogP contribution in [-0.4, -0.2) is 50.6 Å². The minimum absolute atomic E-state index is 0.0553. The van der Waals surface area contributed by atoms with E-state index in [4.69, 9.17) is 4.74 Å². The molecule has 2 aliphatic heterocycles. The number of nitrogens with one attached hydrogen (secondary N) is 1. The molecular weight excluding hydrogens is 380 g/mol. The zero-order valence-electron chi connectivity index (χ0n) is 17.0. The predicted molar refractivity (Wildman–Crippen MR) is 114 cm³/mol. The van der Waals surface area contributed by atoms with E-state index in [9.17, 15) is 9.90 Å². The number of amides is 1. The number of piperidine rings is 1. The lowest BCUT2D eigenvalue weighted by molar-refractivity contribution is -0.116. The summed E-state index contributed by atoms with van der Waals surface area (Å²) in [6.07, 6.45) is 5.31. The van der Waals surface area contributed by atoms with Crippen molar-refractivity contribution in [3.63, 3.8) is 0 Å². The number of aryl methyl sites for hydroxylation is 2. The number of pyridine rings is 1. The lowest BCUT2D eigenvalue weighted by Crippen LogP contribution is -2.48. The van der Waals surface area contributed by atoms with Crippen LogP contribution in [-0.2, 0) is 17.8 Å². The fraction of sp³-hybridized carbons (Fsp3) is 0.391. The van der Waals surface area contributed by atoms with E-state index in [-0.39, 0.29) is 12.0 Å². The van der Waals surface area contributed by atoms with E-state index >= 15 is 0 Å². The monoisotopic (exact) mass is 406 g/mol. The van der Waals surface area contributed by atoms with Gasteiger partial charge in [-0.05, 0) is 55.2 Å². The van der Waals surface area contributed by atoms with E-state index in [0.29, 0.717) is 19.5 Å². The highest BCUT2D eigenvalue weighted by atomic mass is 16.5. The maximum absolute atomic E-state index is 11.5. The Balaban J connectivity index is 1.21. The number of β-amino-alcohol motifs (C(OH)–C–C–N with tert-alkyl or cyclic N) is 1. The number of anilines is 1. The third-order valence-electron chi connectivity index (χ3n) is 5.90. The van der Waals surface area contributed by atoms with E-state index in [1.54, 1.807) is 0 Å². The van der Waals surface area contributed by atoms with Gasteiger partial charge in [0.05, 0.1) is 5.69 Å². The summed E-state index contributed by atoms with van der Waals surface area (Å²) < 4.78 is 8.16. The van der Waals surface area contributed by atoms with Crippen molar-refractivity contribution in [3.05, 3.63) is 59.5 Å². The van der Waals surface area contributed by atoms with Crippen LogP contribution in [0, 0.1) is 6.92 Å². The molecule has 30 heavy (non-hydrogen) atoms. The molecule has 1 fully saturated rings. The first-order valence-corrected chi connectivity index (χ1v) is 10.5. The maximum Gasteiger partial charge on any atom is 0.224 e. The first-order chi connectivity index (χ1) is 14.5. The molecule has 0 aliphatic carbocycles. The van der Waals surface area contributed by atoms with Gasteiger partial charge >= 0.3 is 0 Å². The van der Waals surface area contributed by atoms with Gasteiger partial charge in [-0.3, -0.25) is 9.69 Å².